The molecule has 0 spiro atoms. The minimum Gasteiger partial charge on any atom is -0.496 e. The van der Waals surface area contributed by atoms with Crippen molar-refractivity contribution < 1.29 is 9.47 Å². The molecule has 0 aromatic heterocycles. The smallest absolute Gasteiger partial charge is 0.127 e. The van der Waals surface area contributed by atoms with Gasteiger partial charge in [-0.25, -0.2) is 0 Å². The highest BCUT2D eigenvalue weighted by Crippen LogP contribution is 2.40. The number of hydrogen-bond donors (Lipinski definition) is 1. The molecule has 0 unspecified atom stereocenters. The van der Waals surface area contributed by atoms with Gasteiger partial charge in [-0.3, -0.25) is 0 Å². The number of benzene rings is 1. The minimum absolute atomic E-state index is 0.0106. The predicted octanol–water partition coefficient (Wildman–Crippen LogP) is 3.28. The third-order valence-electron chi connectivity index (χ3n) is 3.96. The van der Waals surface area contributed by atoms with Crippen LogP contribution < -0.4 is 15.2 Å². The molecule has 0 amide bonds. The van der Waals surface area contributed by atoms with Gasteiger partial charge in [0.05, 0.1) is 19.8 Å². The SMILES string of the molecule is COc1cccc(OC)c1[C@@H](N)C1CCCCC1. The first kappa shape index (κ1) is 13.2. The molecule has 0 saturated heterocycles. The fourth-order valence-corrected chi connectivity index (χ4v) is 2.94. The summed E-state index contributed by atoms with van der Waals surface area (Å²) >= 11 is 0. The van der Waals surface area contributed by atoms with Crippen LogP contribution in [0.2, 0.25) is 0 Å². The Morgan fingerprint density at radius 3 is 2.11 bits per heavy atom. The molecule has 3 heteroatoms. The molecule has 1 atom stereocenters. The van der Waals surface area contributed by atoms with Crippen molar-refractivity contribution in [1.29, 1.82) is 0 Å². The van der Waals surface area contributed by atoms with E-state index >= 15 is 0 Å². The third-order valence-corrected chi connectivity index (χ3v) is 3.96. The molecule has 0 heterocycles. The number of rotatable bonds is 4. The Labute approximate surface area is 109 Å². The van der Waals surface area contributed by atoms with Crippen LogP contribution in [0.5, 0.6) is 11.5 Å². The highest BCUT2D eigenvalue weighted by molar-refractivity contribution is 5.47. The van der Waals surface area contributed by atoms with E-state index in [9.17, 15) is 0 Å². The molecule has 0 aliphatic heterocycles. The number of hydrogen-bond acceptors (Lipinski definition) is 3. The second-order valence-electron chi connectivity index (χ2n) is 5.00. The van der Waals surface area contributed by atoms with Gasteiger partial charge in [-0.15, -0.1) is 0 Å². The average Bonchev–Trinajstić information content (AvgIpc) is 2.46. The number of methoxy groups -OCH3 is 2. The maximum absolute atomic E-state index is 6.46. The van der Waals surface area contributed by atoms with E-state index in [0.29, 0.717) is 5.92 Å². The molecule has 0 radical (unpaired) electrons. The van der Waals surface area contributed by atoms with E-state index in [4.69, 9.17) is 15.2 Å². The lowest BCUT2D eigenvalue weighted by Crippen LogP contribution is -2.24. The average molecular weight is 249 g/mol. The Morgan fingerprint density at radius 1 is 1.06 bits per heavy atom. The Bertz CT molecular complexity index is 364. The summed E-state index contributed by atoms with van der Waals surface area (Å²) in [6, 6.07) is 5.87. The van der Waals surface area contributed by atoms with Crippen LogP contribution in [0.1, 0.15) is 43.7 Å². The summed E-state index contributed by atoms with van der Waals surface area (Å²) in [5.74, 6) is 2.23. The van der Waals surface area contributed by atoms with Gasteiger partial charge in [0.1, 0.15) is 11.5 Å². The first-order chi connectivity index (χ1) is 8.77. The van der Waals surface area contributed by atoms with Gasteiger partial charge in [-0.1, -0.05) is 25.3 Å². The van der Waals surface area contributed by atoms with Gasteiger partial charge in [-0.2, -0.15) is 0 Å². The summed E-state index contributed by atoms with van der Waals surface area (Å²) < 4.78 is 10.9. The second-order valence-corrected chi connectivity index (χ2v) is 5.00. The van der Waals surface area contributed by atoms with Gasteiger partial charge in [0.15, 0.2) is 0 Å². The quantitative estimate of drug-likeness (QED) is 0.890. The van der Waals surface area contributed by atoms with Gasteiger partial charge < -0.3 is 15.2 Å². The molecule has 3 nitrogen and oxygen atoms in total. The molecule has 2 rings (SSSR count). The second kappa shape index (κ2) is 6.10. The van der Waals surface area contributed by atoms with Crippen LogP contribution in [0.15, 0.2) is 18.2 Å². The molecular formula is C15H23NO2. The van der Waals surface area contributed by atoms with Gasteiger partial charge in [-0.05, 0) is 30.9 Å². The lowest BCUT2D eigenvalue weighted by molar-refractivity contribution is 0.293. The molecular weight excluding hydrogens is 226 g/mol. The van der Waals surface area contributed by atoms with Crippen LogP contribution in [0.4, 0.5) is 0 Å². The van der Waals surface area contributed by atoms with Gasteiger partial charge in [0, 0.05) is 6.04 Å². The largest absolute Gasteiger partial charge is 0.496 e. The molecule has 1 aromatic carbocycles. The van der Waals surface area contributed by atoms with Crippen molar-refractivity contribution in [3.8, 4) is 11.5 Å². The molecule has 1 saturated carbocycles. The Kier molecular flexibility index (Phi) is 4.48. The molecule has 1 fully saturated rings. The standard InChI is InChI=1S/C15H23NO2/c1-17-12-9-6-10-13(18-2)14(12)15(16)11-7-4-3-5-8-11/h6,9-11,15H,3-5,7-8,16H2,1-2H3/t15-/m0/s1. The van der Waals surface area contributed by atoms with Crippen LogP contribution >= 0.6 is 0 Å². The van der Waals surface area contributed by atoms with Gasteiger partial charge in [0.25, 0.3) is 0 Å². The maximum Gasteiger partial charge on any atom is 0.127 e. The van der Waals surface area contributed by atoms with Gasteiger partial charge in [0.2, 0.25) is 0 Å². The summed E-state index contributed by atoms with van der Waals surface area (Å²) in [7, 11) is 3.37. The Balaban J connectivity index is 2.29. The lowest BCUT2D eigenvalue weighted by atomic mass is 9.81. The van der Waals surface area contributed by atoms with E-state index in [1.807, 2.05) is 18.2 Å². The fourth-order valence-electron chi connectivity index (χ4n) is 2.94. The van der Waals surface area contributed by atoms with Crippen molar-refractivity contribution in [2.75, 3.05) is 14.2 Å². The predicted molar refractivity (Wildman–Crippen MR) is 73.0 cm³/mol. The highest BCUT2D eigenvalue weighted by Gasteiger charge is 2.26. The van der Waals surface area contributed by atoms with Crippen LogP contribution in [-0.2, 0) is 0 Å². The summed E-state index contributed by atoms with van der Waals surface area (Å²) in [6.07, 6.45) is 6.34. The summed E-state index contributed by atoms with van der Waals surface area (Å²) in [6.45, 7) is 0. The molecule has 2 N–H and O–H groups in total. The molecule has 100 valence electrons. The van der Waals surface area contributed by atoms with Crippen molar-refractivity contribution in [2.45, 2.75) is 38.1 Å². The number of ether oxygens (including phenoxy) is 2. The van der Waals surface area contributed by atoms with Crippen molar-refractivity contribution in [1.82, 2.24) is 0 Å². The molecule has 1 aliphatic carbocycles. The molecule has 18 heavy (non-hydrogen) atoms. The van der Waals surface area contributed by atoms with Crippen molar-refractivity contribution >= 4 is 0 Å². The van der Waals surface area contributed by atoms with Crippen LogP contribution in [0.3, 0.4) is 0 Å². The zero-order valence-corrected chi connectivity index (χ0v) is 11.3. The Morgan fingerprint density at radius 2 is 1.61 bits per heavy atom. The van der Waals surface area contributed by atoms with E-state index in [1.54, 1.807) is 14.2 Å². The van der Waals surface area contributed by atoms with E-state index in [2.05, 4.69) is 0 Å². The van der Waals surface area contributed by atoms with E-state index < -0.39 is 0 Å². The molecule has 1 aliphatic rings. The van der Waals surface area contributed by atoms with Crippen molar-refractivity contribution in [3.05, 3.63) is 23.8 Å². The Hall–Kier alpha value is -1.22. The van der Waals surface area contributed by atoms with Crippen LogP contribution in [-0.4, -0.2) is 14.2 Å². The van der Waals surface area contributed by atoms with Crippen molar-refractivity contribution in [3.63, 3.8) is 0 Å². The number of nitrogens with two attached hydrogens (primary N) is 1. The first-order valence-corrected chi connectivity index (χ1v) is 6.74. The van der Waals surface area contributed by atoms with E-state index in [0.717, 1.165) is 17.1 Å². The van der Waals surface area contributed by atoms with Crippen LogP contribution in [0, 0.1) is 5.92 Å². The van der Waals surface area contributed by atoms with Crippen molar-refractivity contribution in [2.24, 2.45) is 11.7 Å². The lowest BCUT2D eigenvalue weighted by Gasteiger charge is -2.29. The summed E-state index contributed by atoms with van der Waals surface area (Å²) in [4.78, 5) is 0. The topological polar surface area (TPSA) is 44.5 Å². The molecule has 1 aromatic rings. The molecule has 0 bridgehead atoms. The van der Waals surface area contributed by atoms with E-state index in [1.165, 1.54) is 32.1 Å². The third kappa shape index (κ3) is 2.61. The van der Waals surface area contributed by atoms with Crippen LogP contribution in [0.25, 0.3) is 0 Å². The minimum atomic E-state index is 0.0106. The normalized spacial score (nSPS) is 18.4. The first-order valence-electron chi connectivity index (χ1n) is 6.74. The van der Waals surface area contributed by atoms with E-state index in [-0.39, 0.29) is 6.04 Å². The summed E-state index contributed by atoms with van der Waals surface area (Å²) in [5, 5.41) is 0. The zero-order valence-electron chi connectivity index (χ0n) is 11.3. The highest BCUT2D eigenvalue weighted by atomic mass is 16.5. The fraction of sp³-hybridized carbons (Fsp3) is 0.600. The monoisotopic (exact) mass is 249 g/mol. The maximum atomic E-state index is 6.46. The van der Waals surface area contributed by atoms with Gasteiger partial charge >= 0.3 is 0 Å². The summed E-state index contributed by atoms with van der Waals surface area (Å²) in [5.41, 5.74) is 7.49. The zero-order chi connectivity index (χ0) is 13.0.